The molecule has 210 valence electrons. The summed E-state index contributed by atoms with van der Waals surface area (Å²) in [6.07, 6.45) is 0. The van der Waals surface area contributed by atoms with Crippen LogP contribution < -0.4 is 0 Å². The van der Waals surface area contributed by atoms with Crippen LogP contribution in [0.25, 0.3) is 87.3 Å². The maximum atomic E-state index is 5.18. The highest BCUT2D eigenvalue weighted by Crippen LogP contribution is 2.43. The van der Waals surface area contributed by atoms with Gasteiger partial charge in [-0.1, -0.05) is 127 Å². The molecular formula is C40H24N4S. The van der Waals surface area contributed by atoms with Gasteiger partial charge in [0.1, 0.15) is 0 Å². The molecule has 0 fully saturated rings. The van der Waals surface area contributed by atoms with E-state index in [2.05, 4.69) is 97.1 Å². The molecule has 0 amide bonds. The van der Waals surface area contributed by atoms with Gasteiger partial charge in [0.2, 0.25) is 0 Å². The minimum Gasteiger partial charge on any atom is -0.228 e. The third-order valence-corrected chi connectivity index (χ3v) is 9.50. The average molecular weight is 593 g/mol. The molecule has 0 saturated heterocycles. The van der Waals surface area contributed by atoms with Gasteiger partial charge in [-0.05, 0) is 18.2 Å². The quantitative estimate of drug-likeness (QED) is 0.204. The normalized spacial score (nSPS) is 11.6. The summed E-state index contributed by atoms with van der Waals surface area (Å²) in [5.41, 5.74) is 7.96. The second-order valence-corrected chi connectivity index (χ2v) is 12.1. The van der Waals surface area contributed by atoms with Gasteiger partial charge in [0.25, 0.3) is 0 Å². The van der Waals surface area contributed by atoms with E-state index in [0.717, 1.165) is 67.1 Å². The van der Waals surface area contributed by atoms with Crippen LogP contribution in [-0.2, 0) is 0 Å². The molecule has 9 rings (SSSR count). The molecule has 3 aromatic heterocycles. The van der Waals surface area contributed by atoms with Crippen molar-refractivity contribution in [1.29, 1.82) is 0 Å². The monoisotopic (exact) mass is 592 g/mol. The fraction of sp³-hybridized carbons (Fsp3) is 0. The molecule has 4 nitrogen and oxygen atoms in total. The first kappa shape index (κ1) is 25.7. The summed E-state index contributed by atoms with van der Waals surface area (Å²) in [5.74, 6) is 1.46. The SMILES string of the molecule is c1ccc(-c2nc(-c3ccc4c(c3)sc3c(-c5nc(-c6ccccc6)nc6ccccc56)cccc34)c3ccccc3n2)cc1. The Labute approximate surface area is 263 Å². The smallest absolute Gasteiger partial charge is 0.160 e. The van der Waals surface area contributed by atoms with Crippen LogP contribution in [0, 0.1) is 0 Å². The maximum Gasteiger partial charge on any atom is 0.160 e. The van der Waals surface area contributed by atoms with Crippen LogP contribution in [-0.4, -0.2) is 19.9 Å². The first-order chi connectivity index (χ1) is 22.3. The van der Waals surface area contributed by atoms with Gasteiger partial charge in [0.05, 0.1) is 22.4 Å². The molecule has 0 aliphatic carbocycles. The predicted octanol–water partition coefficient (Wildman–Crippen LogP) is 10.6. The van der Waals surface area contributed by atoms with Crippen molar-refractivity contribution >= 4 is 53.3 Å². The van der Waals surface area contributed by atoms with E-state index in [-0.39, 0.29) is 0 Å². The number of rotatable bonds is 4. The number of fused-ring (bicyclic) bond motifs is 5. The molecule has 0 spiro atoms. The van der Waals surface area contributed by atoms with E-state index in [1.165, 1.54) is 20.2 Å². The Morgan fingerprint density at radius 3 is 1.60 bits per heavy atom. The highest BCUT2D eigenvalue weighted by atomic mass is 32.1. The van der Waals surface area contributed by atoms with Gasteiger partial charge in [0.15, 0.2) is 11.6 Å². The van der Waals surface area contributed by atoms with Gasteiger partial charge in [-0.15, -0.1) is 11.3 Å². The van der Waals surface area contributed by atoms with Gasteiger partial charge in [-0.3, -0.25) is 0 Å². The van der Waals surface area contributed by atoms with Gasteiger partial charge >= 0.3 is 0 Å². The first-order valence-electron chi connectivity index (χ1n) is 14.9. The highest BCUT2D eigenvalue weighted by Gasteiger charge is 2.18. The topological polar surface area (TPSA) is 51.6 Å². The Bertz CT molecular complexity index is 2540. The Balaban J connectivity index is 1.25. The van der Waals surface area contributed by atoms with Crippen molar-refractivity contribution in [2.75, 3.05) is 0 Å². The third kappa shape index (κ3) is 4.36. The largest absolute Gasteiger partial charge is 0.228 e. The van der Waals surface area contributed by atoms with E-state index >= 15 is 0 Å². The van der Waals surface area contributed by atoms with Crippen LogP contribution in [0.5, 0.6) is 0 Å². The maximum absolute atomic E-state index is 5.18. The fourth-order valence-electron chi connectivity index (χ4n) is 6.14. The number of thiophene rings is 1. The molecule has 0 aliphatic rings. The summed E-state index contributed by atoms with van der Waals surface area (Å²) in [4.78, 5) is 20.1. The number of nitrogens with zero attached hydrogens (tertiary/aromatic N) is 4. The molecule has 0 N–H and O–H groups in total. The van der Waals surface area contributed by atoms with Crippen molar-refractivity contribution in [1.82, 2.24) is 19.9 Å². The van der Waals surface area contributed by atoms with Gasteiger partial charge in [0, 0.05) is 53.2 Å². The summed E-state index contributed by atoms with van der Waals surface area (Å²) in [6.45, 7) is 0. The first-order valence-corrected chi connectivity index (χ1v) is 15.7. The molecule has 45 heavy (non-hydrogen) atoms. The van der Waals surface area contributed by atoms with Crippen LogP contribution in [0.1, 0.15) is 0 Å². The van der Waals surface area contributed by atoms with Crippen molar-refractivity contribution in [2.24, 2.45) is 0 Å². The number of benzene rings is 6. The van der Waals surface area contributed by atoms with Crippen LogP contribution in [0.15, 0.2) is 146 Å². The minimum atomic E-state index is 0.730. The Morgan fingerprint density at radius 1 is 0.378 bits per heavy atom. The standard InChI is InChI=1S/C40H24N4S/c1-3-12-25(13-4-1)39-41-33-20-9-7-16-30(33)36(43-39)27-22-23-28-29-18-11-19-32(38(29)45-35(28)24-27)37-31-17-8-10-21-34(31)42-40(44-37)26-14-5-2-6-15-26/h1-24H. The molecule has 0 atom stereocenters. The second-order valence-electron chi connectivity index (χ2n) is 11.1. The molecule has 0 bridgehead atoms. The van der Waals surface area contributed by atoms with Crippen molar-refractivity contribution in [3.05, 3.63) is 146 Å². The predicted molar refractivity (Wildman–Crippen MR) is 187 cm³/mol. The highest BCUT2D eigenvalue weighted by molar-refractivity contribution is 7.26. The lowest BCUT2D eigenvalue weighted by Crippen LogP contribution is -1.95. The third-order valence-electron chi connectivity index (χ3n) is 8.30. The fourth-order valence-corrected chi connectivity index (χ4v) is 7.40. The van der Waals surface area contributed by atoms with Crippen LogP contribution in [0.3, 0.4) is 0 Å². The van der Waals surface area contributed by atoms with Gasteiger partial charge < -0.3 is 0 Å². The van der Waals surface area contributed by atoms with Crippen molar-refractivity contribution in [2.45, 2.75) is 0 Å². The number of hydrogen-bond acceptors (Lipinski definition) is 5. The molecule has 0 aliphatic heterocycles. The van der Waals surface area contributed by atoms with E-state index in [9.17, 15) is 0 Å². The summed E-state index contributed by atoms with van der Waals surface area (Å²) in [5, 5.41) is 4.53. The van der Waals surface area contributed by atoms with Crippen molar-refractivity contribution in [3.8, 4) is 45.3 Å². The van der Waals surface area contributed by atoms with Gasteiger partial charge in [-0.25, -0.2) is 19.9 Å². The molecule has 0 radical (unpaired) electrons. The number of hydrogen-bond donors (Lipinski definition) is 0. The van der Waals surface area contributed by atoms with E-state index in [4.69, 9.17) is 19.9 Å². The zero-order chi connectivity index (χ0) is 29.7. The Hall–Kier alpha value is -5.78. The zero-order valence-corrected chi connectivity index (χ0v) is 24.9. The molecule has 5 heteroatoms. The molecule has 3 heterocycles. The average Bonchev–Trinajstić information content (AvgIpc) is 3.50. The minimum absolute atomic E-state index is 0.730. The van der Waals surface area contributed by atoms with E-state index in [0.29, 0.717) is 0 Å². The van der Waals surface area contributed by atoms with Crippen molar-refractivity contribution < 1.29 is 0 Å². The Morgan fingerprint density at radius 2 is 0.933 bits per heavy atom. The molecule has 0 unspecified atom stereocenters. The summed E-state index contributed by atoms with van der Waals surface area (Å²) < 4.78 is 2.42. The number of aromatic nitrogens is 4. The van der Waals surface area contributed by atoms with Crippen LogP contribution in [0.4, 0.5) is 0 Å². The lowest BCUT2D eigenvalue weighted by atomic mass is 10.0. The summed E-state index contributed by atoms with van der Waals surface area (Å²) >= 11 is 1.80. The lowest BCUT2D eigenvalue weighted by molar-refractivity contribution is 1.23. The molecular weight excluding hydrogens is 569 g/mol. The van der Waals surface area contributed by atoms with Crippen LogP contribution >= 0.6 is 11.3 Å². The lowest BCUT2D eigenvalue weighted by Gasteiger charge is -2.10. The van der Waals surface area contributed by atoms with E-state index in [1.54, 1.807) is 11.3 Å². The Kier molecular flexibility index (Phi) is 5.96. The summed E-state index contributed by atoms with van der Waals surface area (Å²) in [7, 11) is 0. The van der Waals surface area contributed by atoms with E-state index in [1.807, 2.05) is 48.5 Å². The second kappa shape index (κ2) is 10.4. The summed E-state index contributed by atoms with van der Waals surface area (Å²) in [6, 6.07) is 50.2. The molecule has 6 aromatic carbocycles. The number of para-hydroxylation sites is 2. The molecule has 9 aromatic rings. The zero-order valence-electron chi connectivity index (χ0n) is 24.1. The molecule has 0 saturated carbocycles. The van der Waals surface area contributed by atoms with E-state index < -0.39 is 0 Å². The van der Waals surface area contributed by atoms with Crippen LogP contribution in [0.2, 0.25) is 0 Å². The van der Waals surface area contributed by atoms with Crippen molar-refractivity contribution in [3.63, 3.8) is 0 Å². The van der Waals surface area contributed by atoms with Gasteiger partial charge in [-0.2, -0.15) is 0 Å².